The lowest BCUT2D eigenvalue weighted by Crippen LogP contribution is -2.40. The SMILES string of the molecule is OC[C@]12CNCC[C@@]1(c1ccc(Cl)c(Cl)c1)C2. The number of rotatable bonds is 2. The molecule has 92 valence electrons. The first-order chi connectivity index (χ1) is 8.13. The molecule has 0 amide bonds. The molecule has 2 atom stereocenters. The first kappa shape index (κ1) is 11.8. The van der Waals surface area contributed by atoms with Crippen LogP contribution in [0.15, 0.2) is 18.2 Å². The molecule has 0 unspecified atom stereocenters. The van der Waals surface area contributed by atoms with Gasteiger partial charge in [-0.15, -0.1) is 0 Å². The van der Waals surface area contributed by atoms with Gasteiger partial charge in [-0.2, -0.15) is 0 Å². The predicted octanol–water partition coefficient (Wildman–Crippen LogP) is 2.61. The van der Waals surface area contributed by atoms with E-state index in [1.165, 1.54) is 5.56 Å². The molecular formula is C13H15Cl2NO. The summed E-state index contributed by atoms with van der Waals surface area (Å²) in [4.78, 5) is 0. The van der Waals surface area contributed by atoms with E-state index in [0.717, 1.165) is 25.9 Å². The maximum absolute atomic E-state index is 9.64. The molecule has 17 heavy (non-hydrogen) atoms. The Morgan fingerprint density at radius 3 is 2.82 bits per heavy atom. The van der Waals surface area contributed by atoms with Crippen molar-refractivity contribution in [1.82, 2.24) is 5.32 Å². The number of aliphatic hydroxyl groups is 1. The maximum atomic E-state index is 9.64. The molecule has 0 spiro atoms. The Bertz CT molecular complexity index is 465. The second-order valence-corrected chi connectivity index (χ2v) is 6.07. The van der Waals surface area contributed by atoms with E-state index in [-0.39, 0.29) is 17.4 Å². The van der Waals surface area contributed by atoms with Crippen LogP contribution in [0.5, 0.6) is 0 Å². The third kappa shape index (κ3) is 1.55. The van der Waals surface area contributed by atoms with Crippen LogP contribution in [0.3, 0.4) is 0 Å². The molecule has 2 aliphatic rings. The van der Waals surface area contributed by atoms with Crippen LogP contribution in [-0.2, 0) is 5.41 Å². The van der Waals surface area contributed by atoms with Gasteiger partial charge in [0, 0.05) is 17.4 Å². The molecule has 1 saturated carbocycles. The third-order valence-corrected chi connectivity index (χ3v) is 5.24. The molecule has 0 aromatic heterocycles. The topological polar surface area (TPSA) is 32.3 Å². The van der Waals surface area contributed by atoms with E-state index in [4.69, 9.17) is 23.2 Å². The van der Waals surface area contributed by atoms with Crippen molar-refractivity contribution in [2.24, 2.45) is 5.41 Å². The Morgan fingerprint density at radius 2 is 2.12 bits per heavy atom. The monoisotopic (exact) mass is 271 g/mol. The van der Waals surface area contributed by atoms with E-state index in [9.17, 15) is 5.11 Å². The van der Waals surface area contributed by atoms with E-state index in [1.54, 1.807) is 0 Å². The van der Waals surface area contributed by atoms with Crippen molar-refractivity contribution in [3.63, 3.8) is 0 Å². The molecule has 2 N–H and O–H groups in total. The van der Waals surface area contributed by atoms with Crippen LogP contribution in [0.25, 0.3) is 0 Å². The smallest absolute Gasteiger partial charge is 0.0595 e. The number of fused-ring (bicyclic) bond motifs is 1. The molecule has 1 heterocycles. The van der Waals surface area contributed by atoms with Crippen molar-refractivity contribution >= 4 is 23.2 Å². The van der Waals surface area contributed by atoms with Gasteiger partial charge in [-0.1, -0.05) is 29.3 Å². The average molecular weight is 272 g/mol. The van der Waals surface area contributed by atoms with Crippen molar-refractivity contribution < 1.29 is 5.11 Å². The minimum absolute atomic E-state index is 0.0163. The van der Waals surface area contributed by atoms with Gasteiger partial charge < -0.3 is 10.4 Å². The number of hydrogen-bond donors (Lipinski definition) is 2. The number of nitrogens with one attached hydrogen (secondary N) is 1. The molecule has 2 nitrogen and oxygen atoms in total. The van der Waals surface area contributed by atoms with Gasteiger partial charge in [-0.3, -0.25) is 0 Å². The normalized spacial score (nSPS) is 35.5. The first-order valence-electron chi connectivity index (χ1n) is 5.91. The molecule has 2 fully saturated rings. The van der Waals surface area contributed by atoms with Gasteiger partial charge in [-0.25, -0.2) is 0 Å². The molecule has 3 rings (SSSR count). The largest absolute Gasteiger partial charge is 0.396 e. The summed E-state index contributed by atoms with van der Waals surface area (Å²) in [6, 6.07) is 5.88. The van der Waals surface area contributed by atoms with E-state index in [1.807, 2.05) is 12.1 Å². The van der Waals surface area contributed by atoms with Crippen LogP contribution in [0.1, 0.15) is 18.4 Å². The molecule has 1 aromatic carbocycles. The first-order valence-corrected chi connectivity index (χ1v) is 6.66. The van der Waals surface area contributed by atoms with Gasteiger partial charge in [-0.05, 0) is 37.1 Å². The molecule has 0 radical (unpaired) electrons. The highest BCUT2D eigenvalue weighted by atomic mass is 35.5. The van der Waals surface area contributed by atoms with Crippen LogP contribution in [0, 0.1) is 5.41 Å². The van der Waals surface area contributed by atoms with Gasteiger partial charge in [0.05, 0.1) is 16.7 Å². The highest BCUT2D eigenvalue weighted by molar-refractivity contribution is 6.42. The number of benzene rings is 1. The summed E-state index contributed by atoms with van der Waals surface area (Å²) in [5.74, 6) is 0. The summed E-state index contributed by atoms with van der Waals surface area (Å²) < 4.78 is 0. The Labute approximate surface area is 111 Å². The second-order valence-electron chi connectivity index (χ2n) is 5.25. The summed E-state index contributed by atoms with van der Waals surface area (Å²) in [5.41, 5.74) is 1.35. The summed E-state index contributed by atoms with van der Waals surface area (Å²) in [6.07, 6.45) is 2.10. The van der Waals surface area contributed by atoms with Gasteiger partial charge in [0.15, 0.2) is 0 Å². The fourth-order valence-electron chi connectivity index (χ4n) is 3.36. The summed E-state index contributed by atoms with van der Waals surface area (Å²) in [5, 5.41) is 14.2. The average Bonchev–Trinajstić information content (AvgIpc) is 3.04. The van der Waals surface area contributed by atoms with E-state index < -0.39 is 0 Å². The molecule has 1 saturated heterocycles. The van der Waals surface area contributed by atoms with Gasteiger partial charge in [0.1, 0.15) is 0 Å². The van der Waals surface area contributed by atoms with E-state index >= 15 is 0 Å². The van der Waals surface area contributed by atoms with Gasteiger partial charge in [0.25, 0.3) is 0 Å². The van der Waals surface area contributed by atoms with Crippen LogP contribution in [0.2, 0.25) is 10.0 Å². The fraction of sp³-hybridized carbons (Fsp3) is 0.538. The highest BCUT2D eigenvalue weighted by Crippen LogP contribution is 2.67. The molecule has 4 heteroatoms. The Balaban J connectivity index is 2.01. The van der Waals surface area contributed by atoms with Crippen LogP contribution < -0.4 is 5.32 Å². The lowest BCUT2D eigenvalue weighted by Gasteiger charge is -2.30. The molecule has 1 aliphatic heterocycles. The molecule has 0 bridgehead atoms. The number of hydrogen-bond acceptors (Lipinski definition) is 2. The van der Waals surface area contributed by atoms with E-state index in [0.29, 0.717) is 10.0 Å². The lowest BCUT2D eigenvalue weighted by atomic mass is 9.81. The van der Waals surface area contributed by atoms with Crippen molar-refractivity contribution in [3.8, 4) is 0 Å². The quantitative estimate of drug-likeness (QED) is 0.867. The number of halogens is 2. The predicted molar refractivity (Wildman–Crippen MR) is 69.8 cm³/mol. The van der Waals surface area contributed by atoms with Gasteiger partial charge >= 0.3 is 0 Å². The Morgan fingerprint density at radius 1 is 1.29 bits per heavy atom. The van der Waals surface area contributed by atoms with Crippen molar-refractivity contribution in [3.05, 3.63) is 33.8 Å². The van der Waals surface area contributed by atoms with E-state index in [2.05, 4.69) is 11.4 Å². The van der Waals surface area contributed by atoms with Crippen LogP contribution in [0.4, 0.5) is 0 Å². The number of aliphatic hydroxyl groups excluding tert-OH is 1. The lowest BCUT2D eigenvalue weighted by molar-refractivity contribution is 0.169. The molecular weight excluding hydrogens is 257 g/mol. The standard InChI is InChI=1S/C13H15Cl2NO/c14-10-2-1-9(5-11(10)15)13-3-4-16-7-12(13,6-13)8-17/h1-2,5,16-17H,3-4,6-8H2/t12-,13-/m0/s1. The van der Waals surface area contributed by atoms with Crippen molar-refractivity contribution in [1.29, 1.82) is 0 Å². The minimum Gasteiger partial charge on any atom is -0.396 e. The van der Waals surface area contributed by atoms with Crippen LogP contribution >= 0.6 is 23.2 Å². The maximum Gasteiger partial charge on any atom is 0.0595 e. The minimum atomic E-state index is 0.0163. The fourth-order valence-corrected chi connectivity index (χ4v) is 3.66. The Hall–Kier alpha value is -0.280. The summed E-state index contributed by atoms with van der Waals surface area (Å²) in [6.45, 7) is 2.13. The van der Waals surface area contributed by atoms with Gasteiger partial charge in [0.2, 0.25) is 0 Å². The summed E-state index contributed by atoms with van der Waals surface area (Å²) in [7, 11) is 0. The Kier molecular flexibility index (Phi) is 2.67. The number of piperidine rings is 1. The zero-order chi connectivity index (χ0) is 12.1. The zero-order valence-electron chi connectivity index (χ0n) is 9.47. The second kappa shape index (κ2) is 3.86. The highest BCUT2D eigenvalue weighted by Gasteiger charge is 2.68. The van der Waals surface area contributed by atoms with Crippen molar-refractivity contribution in [2.75, 3.05) is 19.7 Å². The zero-order valence-corrected chi connectivity index (χ0v) is 11.0. The van der Waals surface area contributed by atoms with Crippen LogP contribution in [-0.4, -0.2) is 24.8 Å². The summed E-state index contributed by atoms with van der Waals surface area (Å²) >= 11 is 12.0. The molecule has 1 aromatic rings. The van der Waals surface area contributed by atoms with Crippen molar-refractivity contribution in [2.45, 2.75) is 18.3 Å². The molecule has 1 aliphatic carbocycles. The third-order valence-electron chi connectivity index (χ3n) is 4.50.